The predicted molar refractivity (Wildman–Crippen MR) is 76.7 cm³/mol. The van der Waals surface area contributed by atoms with Crippen molar-refractivity contribution in [1.29, 1.82) is 0 Å². The highest BCUT2D eigenvalue weighted by Crippen LogP contribution is 2.43. The van der Waals surface area contributed by atoms with Crippen molar-refractivity contribution in [3.05, 3.63) is 10.6 Å². The number of hydrogen-bond donors (Lipinski definition) is 1. The van der Waals surface area contributed by atoms with Crippen molar-refractivity contribution in [2.45, 2.75) is 32.0 Å². The van der Waals surface area contributed by atoms with Gasteiger partial charge in [-0.2, -0.15) is 0 Å². The summed E-state index contributed by atoms with van der Waals surface area (Å²) in [4.78, 5) is 39.7. The summed E-state index contributed by atoms with van der Waals surface area (Å²) in [5.74, 6) is -4.03. The Morgan fingerprint density at radius 1 is 1.30 bits per heavy atom. The number of fused-ring (bicyclic) bond motifs is 2. The minimum atomic E-state index is -1.28. The number of aromatic nitrogens is 1. The topological polar surface area (TPSA) is 118 Å². The quantitative estimate of drug-likeness (QED) is 0.750. The molecule has 124 valence electrons. The lowest BCUT2D eigenvalue weighted by Crippen LogP contribution is -2.46. The van der Waals surface area contributed by atoms with E-state index in [1.54, 1.807) is 6.92 Å². The summed E-state index contributed by atoms with van der Waals surface area (Å²) in [6, 6.07) is 0. The van der Waals surface area contributed by atoms with Crippen molar-refractivity contribution in [3.63, 3.8) is 0 Å². The summed E-state index contributed by atoms with van der Waals surface area (Å²) in [6.07, 6.45) is 0.390. The summed E-state index contributed by atoms with van der Waals surface area (Å²) >= 11 is 0.988. The number of carbonyl (C=O) groups excluding carboxylic acids is 3. The number of ether oxygens (including phenoxy) is 2. The minimum Gasteiger partial charge on any atom is -0.550 e. The standard InChI is InChI=1S/C14H16N2O6S/c1-5-10(13(20)21-2)23-14(15-5)16-11(17)8-6-3-4-7(22-6)9(8)12(18)19/h6-9H,3-4H2,1-2H3,(H,18,19)(H,15,16,17)/p-1/t6-,7+,8+,9-/m0/s1. The number of amides is 1. The van der Waals surface area contributed by atoms with E-state index in [4.69, 9.17) is 4.74 Å². The third kappa shape index (κ3) is 2.70. The van der Waals surface area contributed by atoms with E-state index in [0.717, 1.165) is 11.3 Å². The Kier molecular flexibility index (Phi) is 4.07. The molecule has 0 saturated carbocycles. The fourth-order valence-corrected chi connectivity index (χ4v) is 4.12. The molecule has 0 aliphatic carbocycles. The maximum absolute atomic E-state index is 12.4. The largest absolute Gasteiger partial charge is 0.550 e. The number of carboxylic acids is 1. The van der Waals surface area contributed by atoms with Crippen LogP contribution in [0.2, 0.25) is 0 Å². The Morgan fingerprint density at radius 3 is 2.57 bits per heavy atom. The molecular weight excluding hydrogens is 324 g/mol. The second-order valence-electron chi connectivity index (χ2n) is 5.58. The van der Waals surface area contributed by atoms with Crippen LogP contribution in [0, 0.1) is 18.8 Å². The highest BCUT2D eigenvalue weighted by atomic mass is 32.1. The molecule has 2 saturated heterocycles. The first-order valence-electron chi connectivity index (χ1n) is 7.15. The molecule has 1 amide bonds. The molecule has 3 rings (SSSR count). The van der Waals surface area contributed by atoms with Gasteiger partial charge in [-0.25, -0.2) is 9.78 Å². The van der Waals surface area contributed by atoms with Crippen molar-refractivity contribution in [2.75, 3.05) is 12.4 Å². The van der Waals surface area contributed by atoms with Crippen molar-refractivity contribution in [3.8, 4) is 0 Å². The minimum absolute atomic E-state index is 0.229. The molecule has 1 N–H and O–H groups in total. The second-order valence-corrected chi connectivity index (χ2v) is 6.57. The molecule has 2 aliphatic heterocycles. The van der Waals surface area contributed by atoms with Crippen molar-refractivity contribution >= 4 is 34.3 Å². The van der Waals surface area contributed by atoms with Gasteiger partial charge >= 0.3 is 5.97 Å². The maximum atomic E-state index is 12.4. The first-order valence-corrected chi connectivity index (χ1v) is 7.97. The molecule has 4 atom stereocenters. The number of carboxylic acid groups (broad SMARTS) is 1. The number of nitrogens with one attached hydrogen (secondary N) is 1. The number of anilines is 1. The highest BCUT2D eigenvalue weighted by molar-refractivity contribution is 7.17. The van der Waals surface area contributed by atoms with Crippen LogP contribution >= 0.6 is 11.3 Å². The van der Waals surface area contributed by atoms with Gasteiger partial charge in [0, 0.05) is 11.9 Å². The Balaban J connectivity index is 1.77. The average molecular weight is 339 g/mol. The van der Waals surface area contributed by atoms with Crippen molar-refractivity contribution in [2.24, 2.45) is 11.8 Å². The Bertz CT molecular complexity index is 672. The number of carbonyl (C=O) groups is 3. The van der Waals surface area contributed by atoms with Gasteiger partial charge in [0.25, 0.3) is 0 Å². The van der Waals surface area contributed by atoms with E-state index in [0.29, 0.717) is 23.4 Å². The maximum Gasteiger partial charge on any atom is 0.350 e. The van der Waals surface area contributed by atoms with Crippen LogP contribution in [0.4, 0.5) is 5.13 Å². The van der Waals surface area contributed by atoms with E-state index in [-0.39, 0.29) is 5.13 Å². The molecule has 1 aromatic heterocycles. The zero-order chi connectivity index (χ0) is 16.7. The lowest BCUT2D eigenvalue weighted by molar-refractivity contribution is -0.313. The summed E-state index contributed by atoms with van der Waals surface area (Å²) in [6.45, 7) is 1.63. The van der Waals surface area contributed by atoms with E-state index < -0.39 is 41.9 Å². The average Bonchev–Trinajstić information content (AvgIpc) is 3.19. The molecule has 3 heterocycles. The van der Waals surface area contributed by atoms with Crippen LogP contribution in [0.5, 0.6) is 0 Å². The van der Waals surface area contributed by atoms with E-state index in [1.165, 1.54) is 7.11 Å². The first-order chi connectivity index (χ1) is 10.9. The van der Waals surface area contributed by atoms with Crippen LogP contribution in [-0.2, 0) is 19.1 Å². The van der Waals surface area contributed by atoms with Crippen LogP contribution < -0.4 is 10.4 Å². The summed E-state index contributed by atoms with van der Waals surface area (Å²) in [7, 11) is 1.26. The molecule has 0 spiro atoms. The van der Waals surface area contributed by atoms with Gasteiger partial charge in [0.2, 0.25) is 5.91 Å². The summed E-state index contributed by atoms with van der Waals surface area (Å²) in [5.41, 5.74) is 0.442. The van der Waals surface area contributed by atoms with Crippen LogP contribution in [0.15, 0.2) is 0 Å². The molecule has 23 heavy (non-hydrogen) atoms. The molecular formula is C14H15N2O6S-. The fourth-order valence-electron chi connectivity index (χ4n) is 3.23. The molecule has 0 unspecified atom stereocenters. The smallest absolute Gasteiger partial charge is 0.350 e. The summed E-state index contributed by atoms with van der Waals surface area (Å²) < 4.78 is 10.2. The molecule has 2 fully saturated rings. The van der Waals surface area contributed by atoms with E-state index in [9.17, 15) is 19.5 Å². The van der Waals surface area contributed by atoms with E-state index >= 15 is 0 Å². The Morgan fingerprint density at radius 2 is 1.96 bits per heavy atom. The van der Waals surface area contributed by atoms with Gasteiger partial charge in [-0.1, -0.05) is 11.3 Å². The van der Waals surface area contributed by atoms with Gasteiger partial charge in [-0.15, -0.1) is 0 Å². The molecule has 2 bridgehead atoms. The number of methoxy groups -OCH3 is 1. The Labute approximate surface area is 135 Å². The van der Waals surface area contributed by atoms with Crippen molar-refractivity contribution < 1.29 is 29.0 Å². The number of nitrogens with zero attached hydrogens (tertiary/aromatic N) is 1. The van der Waals surface area contributed by atoms with Crippen LogP contribution in [-0.4, -0.2) is 42.1 Å². The van der Waals surface area contributed by atoms with Crippen LogP contribution in [0.3, 0.4) is 0 Å². The third-order valence-corrected chi connectivity index (χ3v) is 5.30. The fraction of sp³-hybridized carbons (Fsp3) is 0.571. The SMILES string of the molecule is COC(=O)c1sc(NC(=O)[C@H]2[C@@H](C(=O)[O-])[C@H]3CC[C@@H]2O3)nc1C. The molecule has 8 nitrogen and oxygen atoms in total. The zero-order valence-electron chi connectivity index (χ0n) is 12.5. The molecule has 0 aromatic carbocycles. The molecule has 9 heteroatoms. The van der Waals surface area contributed by atoms with Gasteiger partial charge in [-0.3, -0.25) is 4.79 Å². The number of aryl methyl sites for hydroxylation is 1. The van der Waals surface area contributed by atoms with E-state index in [1.807, 2.05) is 0 Å². The number of hydrogen-bond acceptors (Lipinski definition) is 8. The number of aliphatic carboxylic acids is 1. The highest BCUT2D eigenvalue weighted by Gasteiger charge is 2.52. The predicted octanol–water partition coefficient (Wildman–Crippen LogP) is -0.280. The molecule has 1 aromatic rings. The number of rotatable bonds is 4. The van der Waals surface area contributed by atoms with Gasteiger partial charge in [0.15, 0.2) is 5.13 Å². The summed E-state index contributed by atoms with van der Waals surface area (Å²) in [5, 5.41) is 14.1. The van der Waals surface area contributed by atoms with E-state index in [2.05, 4.69) is 15.0 Å². The monoisotopic (exact) mass is 339 g/mol. The normalized spacial score (nSPS) is 28.6. The van der Waals surface area contributed by atoms with Crippen LogP contribution in [0.25, 0.3) is 0 Å². The molecule has 2 aliphatic rings. The second kappa shape index (κ2) is 5.89. The number of thiazole rings is 1. The van der Waals surface area contributed by atoms with Gasteiger partial charge in [0.05, 0.1) is 30.9 Å². The van der Waals surface area contributed by atoms with Crippen LogP contribution in [0.1, 0.15) is 28.2 Å². The first kappa shape index (κ1) is 15.9. The van der Waals surface area contributed by atoms with Gasteiger partial charge < -0.3 is 24.7 Å². The zero-order valence-corrected chi connectivity index (χ0v) is 13.3. The van der Waals surface area contributed by atoms with Gasteiger partial charge in [-0.05, 0) is 19.8 Å². The lowest BCUT2D eigenvalue weighted by atomic mass is 9.79. The van der Waals surface area contributed by atoms with Crippen molar-refractivity contribution in [1.82, 2.24) is 4.98 Å². The third-order valence-electron chi connectivity index (χ3n) is 4.25. The Hall–Kier alpha value is -2.00. The number of esters is 1. The molecule has 0 radical (unpaired) electrons. The van der Waals surface area contributed by atoms with Gasteiger partial charge in [0.1, 0.15) is 4.88 Å². The lowest BCUT2D eigenvalue weighted by Gasteiger charge is -2.27.